The third kappa shape index (κ3) is 20.6. The molecule has 0 fully saturated rings. The summed E-state index contributed by atoms with van der Waals surface area (Å²) in [5, 5.41) is 18.8. The van der Waals surface area contributed by atoms with Crippen molar-refractivity contribution in [1.82, 2.24) is 16.0 Å². The lowest BCUT2D eigenvalue weighted by molar-refractivity contribution is -0.124. The highest BCUT2D eigenvalue weighted by molar-refractivity contribution is 5.77. The Balaban J connectivity index is 3.50. The molecule has 0 aromatic rings. The zero-order valence-electron chi connectivity index (χ0n) is 17.6. The number of aliphatic hydroxyl groups excluding tert-OH is 1. The molecule has 0 aliphatic carbocycles. The lowest BCUT2D eigenvalue weighted by atomic mass is 10.1. The maximum absolute atomic E-state index is 11.8. The first-order valence-electron chi connectivity index (χ1n) is 10.6. The van der Waals surface area contributed by atoms with Gasteiger partial charge in [0, 0.05) is 26.1 Å². The topological polar surface area (TPSA) is 181 Å². The van der Waals surface area contributed by atoms with Crippen molar-refractivity contribution in [2.45, 2.75) is 63.9 Å². The van der Waals surface area contributed by atoms with Gasteiger partial charge in [-0.3, -0.25) is 14.6 Å². The van der Waals surface area contributed by atoms with Crippen molar-refractivity contribution in [3.8, 4) is 0 Å². The predicted octanol–water partition coefficient (Wildman–Crippen LogP) is -1.09. The fourth-order valence-electron chi connectivity index (χ4n) is 2.61. The Kier molecular flexibility index (Phi) is 18.1. The number of amides is 2. The molecule has 1 unspecified atom stereocenters. The first-order chi connectivity index (χ1) is 14.0. The monoisotopic (exact) mass is 415 g/mol. The van der Waals surface area contributed by atoms with E-state index in [0.29, 0.717) is 45.4 Å². The second kappa shape index (κ2) is 19.4. The summed E-state index contributed by atoms with van der Waals surface area (Å²) < 4.78 is 0. The van der Waals surface area contributed by atoms with Crippen LogP contribution < -0.4 is 33.2 Å². The van der Waals surface area contributed by atoms with Crippen molar-refractivity contribution in [1.29, 1.82) is 0 Å². The molecule has 29 heavy (non-hydrogen) atoms. The van der Waals surface area contributed by atoms with Crippen molar-refractivity contribution < 1.29 is 14.7 Å². The molecular formula is C19H41N7O3. The van der Waals surface area contributed by atoms with E-state index in [0.717, 1.165) is 45.2 Å². The molecule has 1 atom stereocenters. The van der Waals surface area contributed by atoms with Crippen LogP contribution in [0.25, 0.3) is 0 Å². The van der Waals surface area contributed by atoms with Gasteiger partial charge >= 0.3 is 0 Å². The average molecular weight is 416 g/mol. The average Bonchev–Trinajstić information content (AvgIpc) is 2.66. The molecule has 0 radical (unpaired) electrons. The Morgan fingerprint density at radius 2 is 1.52 bits per heavy atom. The smallest absolute Gasteiger partial charge is 0.222 e. The molecule has 0 aliphatic heterocycles. The van der Waals surface area contributed by atoms with E-state index in [1.54, 1.807) is 0 Å². The van der Waals surface area contributed by atoms with Crippen LogP contribution >= 0.6 is 0 Å². The normalized spacial score (nSPS) is 11.7. The quantitative estimate of drug-likeness (QED) is 0.0794. The zero-order valence-corrected chi connectivity index (χ0v) is 17.6. The Morgan fingerprint density at radius 1 is 0.862 bits per heavy atom. The first kappa shape index (κ1) is 27.1. The molecular weight excluding hydrogens is 374 g/mol. The number of hydrogen-bond acceptors (Lipinski definition) is 6. The first-order valence-corrected chi connectivity index (χ1v) is 10.6. The van der Waals surface area contributed by atoms with Crippen molar-refractivity contribution in [3.05, 3.63) is 0 Å². The third-order valence-corrected chi connectivity index (χ3v) is 4.22. The summed E-state index contributed by atoms with van der Waals surface area (Å²) in [6, 6.07) is 0. The summed E-state index contributed by atoms with van der Waals surface area (Å²) in [7, 11) is 0. The van der Waals surface area contributed by atoms with Gasteiger partial charge in [0.25, 0.3) is 0 Å². The molecule has 2 amide bonds. The number of carbonyl (C=O) groups excluding carboxylic acids is 2. The number of aliphatic imine (C=N–C) groups is 1. The molecule has 0 heterocycles. The largest absolute Gasteiger partial charge is 0.393 e. The second-order valence-electron chi connectivity index (χ2n) is 7.06. The highest BCUT2D eigenvalue weighted by Gasteiger charge is 2.10. The van der Waals surface area contributed by atoms with Crippen molar-refractivity contribution in [2.24, 2.45) is 22.2 Å². The molecule has 10 N–H and O–H groups in total. The number of guanidine groups is 1. The second-order valence-corrected chi connectivity index (χ2v) is 7.06. The number of nitrogens with zero attached hydrogens (tertiary/aromatic N) is 1. The van der Waals surface area contributed by atoms with Crippen LogP contribution in [0.15, 0.2) is 4.99 Å². The minimum atomic E-state index is -0.678. The summed E-state index contributed by atoms with van der Waals surface area (Å²) in [4.78, 5) is 27.4. The summed E-state index contributed by atoms with van der Waals surface area (Å²) in [5.74, 6) is -0.148. The molecule has 0 aromatic heterocycles. The number of unbranched alkanes of at least 4 members (excludes halogenated alkanes) is 2. The van der Waals surface area contributed by atoms with Crippen LogP contribution in [-0.4, -0.2) is 68.3 Å². The van der Waals surface area contributed by atoms with E-state index in [4.69, 9.17) is 17.2 Å². The van der Waals surface area contributed by atoms with Gasteiger partial charge in [0.2, 0.25) is 11.8 Å². The molecule has 10 heteroatoms. The van der Waals surface area contributed by atoms with Crippen molar-refractivity contribution >= 4 is 17.8 Å². The highest BCUT2D eigenvalue weighted by Crippen LogP contribution is 2.04. The number of nitrogens with two attached hydrogens (primary N) is 3. The Bertz CT molecular complexity index is 457. The molecule has 0 aliphatic rings. The van der Waals surface area contributed by atoms with Crippen LogP contribution in [0.5, 0.6) is 0 Å². The predicted molar refractivity (Wildman–Crippen MR) is 116 cm³/mol. The fourth-order valence-corrected chi connectivity index (χ4v) is 2.61. The Labute approximate surface area is 174 Å². The summed E-state index contributed by atoms with van der Waals surface area (Å²) >= 11 is 0. The van der Waals surface area contributed by atoms with E-state index >= 15 is 0 Å². The summed E-state index contributed by atoms with van der Waals surface area (Å²) in [6.45, 7) is 4.18. The summed E-state index contributed by atoms with van der Waals surface area (Å²) in [5.41, 5.74) is 15.9. The SMILES string of the molecule is NCCCNCCCCNC(=O)CCCNC(=O)CC(O)CCCCN=C(N)N. The van der Waals surface area contributed by atoms with Crippen LogP contribution in [0.2, 0.25) is 0 Å². The van der Waals surface area contributed by atoms with Gasteiger partial charge in [-0.05, 0) is 64.6 Å². The lowest BCUT2D eigenvalue weighted by Gasteiger charge is -2.11. The van der Waals surface area contributed by atoms with Gasteiger partial charge in [-0.2, -0.15) is 0 Å². The van der Waals surface area contributed by atoms with Crippen LogP contribution in [-0.2, 0) is 9.59 Å². The van der Waals surface area contributed by atoms with Gasteiger partial charge in [0.15, 0.2) is 5.96 Å². The van der Waals surface area contributed by atoms with E-state index in [1.807, 2.05) is 0 Å². The van der Waals surface area contributed by atoms with Gasteiger partial charge in [-0.25, -0.2) is 0 Å². The molecule has 0 saturated heterocycles. The van der Waals surface area contributed by atoms with Gasteiger partial charge in [-0.1, -0.05) is 0 Å². The van der Waals surface area contributed by atoms with E-state index in [-0.39, 0.29) is 24.2 Å². The Hall–Kier alpha value is -1.91. The van der Waals surface area contributed by atoms with Crippen molar-refractivity contribution in [3.63, 3.8) is 0 Å². The molecule has 0 aromatic carbocycles. The van der Waals surface area contributed by atoms with Gasteiger partial charge in [0.05, 0.1) is 12.5 Å². The maximum Gasteiger partial charge on any atom is 0.222 e. The number of nitrogens with one attached hydrogen (secondary N) is 3. The lowest BCUT2D eigenvalue weighted by Crippen LogP contribution is -2.30. The molecule has 170 valence electrons. The number of aliphatic hydroxyl groups is 1. The van der Waals surface area contributed by atoms with Gasteiger partial charge in [-0.15, -0.1) is 0 Å². The minimum Gasteiger partial charge on any atom is -0.393 e. The minimum absolute atomic E-state index is 0.00357. The van der Waals surface area contributed by atoms with E-state index in [9.17, 15) is 14.7 Å². The number of rotatable bonds is 19. The van der Waals surface area contributed by atoms with E-state index in [2.05, 4.69) is 20.9 Å². The number of hydrogen-bond donors (Lipinski definition) is 7. The maximum atomic E-state index is 11.8. The third-order valence-electron chi connectivity index (χ3n) is 4.22. The fraction of sp³-hybridized carbons (Fsp3) is 0.842. The van der Waals surface area contributed by atoms with Crippen LogP contribution in [0.4, 0.5) is 0 Å². The molecule has 0 saturated carbocycles. The molecule has 0 rings (SSSR count). The van der Waals surface area contributed by atoms with Gasteiger partial charge < -0.3 is 38.3 Å². The molecule has 0 bridgehead atoms. The number of carbonyl (C=O) groups is 2. The van der Waals surface area contributed by atoms with Crippen molar-refractivity contribution in [2.75, 3.05) is 39.3 Å². The molecule has 0 spiro atoms. The molecule has 10 nitrogen and oxygen atoms in total. The van der Waals surface area contributed by atoms with Crippen LogP contribution in [0, 0.1) is 0 Å². The van der Waals surface area contributed by atoms with Crippen LogP contribution in [0.1, 0.15) is 57.8 Å². The highest BCUT2D eigenvalue weighted by atomic mass is 16.3. The standard InChI is InChI=1S/C19H41N7O3/c20-9-6-11-23-10-3-4-12-24-17(28)8-5-14-25-18(29)15-16(27)7-1-2-13-26-19(21)22/h16,23,27H,1-15,20H2,(H,24,28)(H,25,29)(H4,21,22,26). The Morgan fingerprint density at radius 3 is 2.24 bits per heavy atom. The summed E-state index contributed by atoms with van der Waals surface area (Å²) in [6.07, 6.45) is 5.29. The van der Waals surface area contributed by atoms with E-state index in [1.165, 1.54) is 0 Å². The zero-order chi connectivity index (χ0) is 21.7. The van der Waals surface area contributed by atoms with Gasteiger partial charge in [0.1, 0.15) is 0 Å². The van der Waals surface area contributed by atoms with E-state index < -0.39 is 6.10 Å². The van der Waals surface area contributed by atoms with Crippen LogP contribution in [0.3, 0.4) is 0 Å².